The number of hydrogen-bond donors (Lipinski definition) is 0. The van der Waals surface area contributed by atoms with Crippen LogP contribution >= 0.6 is 15.9 Å². The van der Waals surface area contributed by atoms with Gasteiger partial charge in [0.2, 0.25) is 0 Å². The molecule has 0 saturated carbocycles. The van der Waals surface area contributed by atoms with E-state index < -0.39 is 17.9 Å². The molecule has 92 valence electrons. The van der Waals surface area contributed by atoms with Crippen LogP contribution in [0.1, 0.15) is 17.0 Å². The van der Waals surface area contributed by atoms with Gasteiger partial charge in [0.1, 0.15) is 0 Å². The van der Waals surface area contributed by atoms with Gasteiger partial charge in [0.05, 0.1) is 14.2 Å². The normalized spacial score (nSPS) is 10.2. The van der Waals surface area contributed by atoms with Gasteiger partial charge in [-0.15, -0.1) is 0 Å². The van der Waals surface area contributed by atoms with Crippen molar-refractivity contribution in [3.8, 4) is 0 Å². The van der Waals surface area contributed by atoms with Crippen molar-refractivity contribution in [3.63, 3.8) is 0 Å². The van der Waals surface area contributed by atoms with E-state index in [9.17, 15) is 9.59 Å². The Morgan fingerprint density at radius 3 is 2.12 bits per heavy atom. The molecule has 1 rings (SSSR count). The van der Waals surface area contributed by atoms with Gasteiger partial charge in [0.15, 0.2) is 5.92 Å². The standard InChI is InChI=1S/C12H13BrO4/c1-7-6-8(4-5-9(7)13)10(11(14)16-2)12(15)17-3/h4-6,10H,1-3H3. The first-order valence-corrected chi connectivity index (χ1v) is 5.72. The molecule has 0 fully saturated rings. The number of ether oxygens (including phenoxy) is 2. The van der Waals surface area contributed by atoms with Crippen LogP contribution in [0.2, 0.25) is 0 Å². The van der Waals surface area contributed by atoms with Gasteiger partial charge in [0, 0.05) is 4.47 Å². The number of carbonyl (C=O) groups excluding carboxylic acids is 2. The van der Waals surface area contributed by atoms with Gasteiger partial charge in [-0.25, -0.2) is 0 Å². The molecule has 0 amide bonds. The first-order valence-electron chi connectivity index (χ1n) is 4.93. The molecule has 0 atom stereocenters. The third kappa shape index (κ3) is 3.06. The van der Waals surface area contributed by atoms with E-state index in [1.54, 1.807) is 18.2 Å². The summed E-state index contributed by atoms with van der Waals surface area (Å²) in [6.07, 6.45) is 0. The molecule has 0 bridgehead atoms. The number of hydrogen-bond acceptors (Lipinski definition) is 4. The second kappa shape index (κ2) is 5.82. The fraction of sp³-hybridized carbons (Fsp3) is 0.333. The fourth-order valence-electron chi connectivity index (χ4n) is 1.45. The van der Waals surface area contributed by atoms with Crippen LogP contribution in [0.3, 0.4) is 0 Å². The summed E-state index contributed by atoms with van der Waals surface area (Å²) in [5.41, 5.74) is 1.49. The Labute approximate surface area is 108 Å². The summed E-state index contributed by atoms with van der Waals surface area (Å²) in [4.78, 5) is 23.1. The van der Waals surface area contributed by atoms with Crippen molar-refractivity contribution in [1.29, 1.82) is 0 Å². The average molecular weight is 301 g/mol. The van der Waals surface area contributed by atoms with Crippen molar-refractivity contribution < 1.29 is 19.1 Å². The molecular weight excluding hydrogens is 288 g/mol. The van der Waals surface area contributed by atoms with Crippen molar-refractivity contribution in [1.82, 2.24) is 0 Å². The monoisotopic (exact) mass is 300 g/mol. The lowest BCUT2D eigenvalue weighted by atomic mass is 9.98. The van der Waals surface area contributed by atoms with E-state index in [4.69, 9.17) is 0 Å². The van der Waals surface area contributed by atoms with E-state index in [2.05, 4.69) is 25.4 Å². The smallest absolute Gasteiger partial charge is 0.324 e. The summed E-state index contributed by atoms with van der Waals surface area (Å²) >= 11 is 3.35. The van der Waals surface area contributed by atoms with E-state index in [0.717, 1.165) is 10.0 Å². The Bertz CT molecular complexity index is 426. The lowest BCUT2D eigenvalue weighted by Crippen LogP contribution is -2.24. The zero-order chi connectivity index (χ0) is 13.0. The first kappa shape index (κ1) is 13.7. The lowest BCUT2D eigenvalue weighted by Gasteiger charge is -2.13. The number of benzene rings is 1. The van der Waals surface area contributed by atoms with Crippen molar-refractivity contribution in [2.45, 2.75) is 12.8 Å². The molecule has 0 heterocycles. The highest BCUT2D eigenvalue weighted by Crippen LogP contribution is 2.24. The Morgan fingerprint density at radius 1 is 1.18 bits per heavy atom. The van der Waals surface area contributed by atoms with E-state index in [1.165, 1.54) is 14.2 Å². The molecular formula is C12H13BrO4. The molecule has 0 aliphatic carbocycles. The van der Waals surface area contributed by atoms with Crippen molar-refractivity contribution in [2.75, 3.05) is 14.2 Å². The predicted octanol–water partition coefficient (Wildman–Crippen LogP) is 2.19. The van der Waals surface area contributed by atoms with Gasteiger partial charge in [-0.2, -0.15) is 0 Å². The van der Waals surface area contributed by atoms with E-state index in [0.29, 0.717) is 5.56 Å². The Hall–Kier alpha value is -1.36. The van der Waals surface area contributed by atoms with Crippen LogP contribution < -0.4 is 0 Å². The van der Waals surface area contributed by atoms with Crippen LogP contribution in [0.25, 0.3) is 0 Å². The minimum atomic E-state index is -1.03. The van der Waals surface area contributed by atoms with E-state index in [-0.39, 0.29) is 0 Å². The Kier molecular flexibility index (Phi) is 4.69. The van der Waals surface area contributed by atoms with Crippen LogP contribution in [0, 0.1) is 6.92 Å². The van der Waals surface area contributed by atoms with Gasteiger partial charge in [-0.3, -0.25) is 9.59 Å². The molecule has 1 aromatic rings. The van der Waals surface area contributed by atoms with Crippen molar-refractivity contribution >= 4 is 27.9 Å². The second-order valence-electron chi connectivity index (χ2n) is 3.49. The van der Waals surface area contributed by atoms with Gasteiger partial charge in [0.25, 0.3) is 0 Å². The Morgan fingerprint density at radius 2 is 1.71 bits per heavy atom. The topological polar surface area (TPSA) is 52.6 Å². The van der Waals surface area contributed by atoms with Gasteiger partial charge in [-0.05, 0) is 24.1 Å². The largest absolute Gasteiger partial charge is 0.468 e. The van der Waals surface area contributed by atoms with Gasteiger partial charge in [-0.1, -0.05) is 28.1 Å². The van der Waals surface area contributed by atoms with Crippen molar-refractivity contribution in [2.24, 2.45) is 0 Å². The number of rotatable bonds is 3. The van der Waals surface area contributed by atoms with Gasteiger partial charge < -0.3 is 9.47 Å². The van der Waals surface area contributed by atoms with Crippen molar-refractivity contribution in [3.05, 3.63) is 33.8 Å². The Balaban J connectivity index is 3.17. The highest BCUT2D eigenvalue weighted by atomic mass is 79.9. The van der Waals surface area contributed by atoms with Gasteiger partial charge >= 0.3 is 11.9 Å². The molecule has 0 saturated heterocycles. The van der Waals surface area contributed by atoms with Crippen LogP contribution in [-0.2, 0) is 19.1 Å². The maximum Gasteiger partial charge on any atom is 0.324 e. The number of esters is 2. The average Bonchev–Trinajstić information content (AvgIpc) is 2.33. The molecule has 17 heavy (non-hydrogen) atoms. The van der Waals surface area contributed by atoms with E-state index in [1.807, 2.05) is 6.92 Å². The van der Waals surface area contributed by atoms with E-state index >= 15 is 0 Å². The molecule has 0 N–H and O–H groups in total. The summed E-state index contributed by atoms with van der Waals surface area (Å²) in [5, 5.41) is 0. The predicted molar refractivity (Wildman–Crippen MR) is 65.7 cm³/mol. The third-order valence-electron chi connectivity index (χ3n) is 2.39. The zero-order valence-corrected chi connectivity index (χ0v) is 11.4. The van der Waals surface area contributed by atoms with Crippen LogP contribution in [0.15, 0.2) is 22.7 Å². The summed E-state index contributed by atoms with van der Waals surface area (Å²) in [6, 6.07) is 5.22. The minimum absolute atomic E-state index is 0.560. The molecule has 0 unspecified atom stereocenters. The number of halogens is 1. The summed E-state index contributed by atoms with van der Waals surface area (Å²) in [7, 11) is 2.48. The minimum Gasteiger partial charge on any atom is -0.468 e. The third-order valence-corrected chi connectivity index (χ3v) is 3.28. The second-order valence-corrected chi connectivity index (χ2v) is 4.34. The number of methoxy groups -OCH3 is 2. The first-order chi connectivity index (χ1) is 8.01. The van der Waals surface area contributed by atoms with Crippen LogP contribution in [0.5, 0.6) is 0 Å². The molecule has 1 aromatic carbocycles. The number of aryl methyl sites for hydroxylation is 1. The molecule has 0 aliphatic rings. The quantitative estimate of drug-likeness (QED) is 0.634. The maximum atomic E-state index is 11.6. The summed E-state index contributed by atoms with van der Waals surface area (Å²) in [6.45, 7) is 1.87. The SMILES string of the molecule is COC(=O)C(C(=O)OC)c1ccc(Br)c(C)c1. The zero-order valence-electron chi connectivity index (χ0n) is 9.82. The highest BCUT2D eigenvalue weighted by molar-refractivity contribution is 9.10. The maximum absolute atomic E-state index is 11.6. The molecule has 0 aromatic heterocycles. The molecule has 0 spiro atoms. The lowest BCUT2D eigenvalue weighted by molar-refractivity contribution is -0.154. The number of carbonyl (C=O) groups is 2. The molecule has 0 aliphatic heterocycles. The molecule has 5 heteroatoms. The fourth-order valence-corrected chi connectivity index (χ4v) is 1.70. The van der Waals surface area contributed by atoms with Crippen LogP contribution in [0.4, 0.5) is 0 Å². The summed E-state index contributed by atoms with van der Waals surface area (Å²) in [5.74, 6) is -2.28. The molecule has 0 radical (unpaired) electrons. The summed E-state index contributed by atoms with van der Waals surface area (Å²) < 4.78 is 10.1. The molecule has 4 nitrogen and oxygen atoms in total. The van der Waals surface area contributed by atoms with Crippen LogP contribution in [-0.4, -0.2) is 26.2 Å². The highest BCUT2D eigenvalue weighted by Gasteiger charge is 2.30.